The van der Waals surface area contributed by atoms with Crippen LogP contribution in [0.15, 0.2) is 5.38 Å². The molecule has 2 rings (SSSR count). The summed E-state index contributed by atoms with van der Waals surface area (Å²) in [6, 6.07) is -0.0915. The Morgan fingerprint density at radius 2 is 2.44 bits per heavy atom. The fourth-order valence-corrected chi connectivity index (χ4v) is 3.36. The van der Waals surface area contributed by atoms with Gasteiger partial charge in [0.15, 0.2) is 0 Å². The van der Waals surface area contributed by atoms with Crippen LogP contribution >= 0.6 is 22.9 Å². The Kier molecular flexibility index (Phi) is 4.97. The van der Waals surface area contributed by atoms with Crippen molar-refractivity contribution in [3.63, 3.8) is 0 Å². The Balaban J connectivity index is 1.89. The molecule has 1 aliphatic heterocycles. The summed E-state index contributed by atoms with van der Waals surface area (Å²) < 4.78 is 0. The van der Waals surface area contributed by atoms with Crippen LogP contribution < -0.4 is 5.73 Å². The zero-order valence-electron chi connectivity index (χ0n) is 10.3. The van der Waals surface area contributed by atoms with Gasteiger partial charge in [-0.1, -0.05) is 6.42 Å². The van der Waals surface area contributed by atoms with Crippen LogP contribution in [0.5, 0.6) is 0 Å². The molecule has 1 amide bonds. The van der Waals surface area contributed by atoms with Crippen LogP contribution in [0.25, 0.3) is 0 Å². The van der Waals surface area contributed by atoms with E-state index in [1.165, 1.54) is 0 Å². The lowest BCUT2D eigenvalue weighted by Crippen LogP contribution is -2.48. The maximum atomic E-state index is 11.4. The number of nitrogens with zero attached hydrogens (tertiary/aromatic N) is 2. The molecule has 1 atom stereocenters. The van der Waals surface area contributed by atoms with Crippen molar-refractivity contribution in [2.45, 2.75) is 37.6 Å². The first-order chi connectivity index (χ1) is 8.70. The lowest BCUT2D eigenvalue weighted by Gasteiger charge is -2.33. The van der Waals surface area contributed by atoms with Gasteiger partial charge in [-0.05, 0) is 19.4 Å². The van der Waals surface area contributed by atoms with Crippen molar-refractivity contribution in [1.82, 2.24) is 9.88 Å². The third kappa shape index (κ3) is 3.43. The van der Waals surface area contributed by atoms with E-state index in [4.69, 9.17) is 17.3 Å². The number of halogens is 1. The van der Waals surface area contributed by atoms with Crippen LogP contribution in [0, 0.1) is 0 Å². The summed E-state index contributed by atoms with van der Waals surface area (Å²) in [5.41, 5.74) is 6.37. The normalized spacial score (nSPS) is 21.1. The van der Waals surface area contributed by atoms with Gasteiger partial charge in [0.25, 0.3) is 0 Å². The molecule has 0 aromatic carbocycles. The second-order valence-corrected chi connectivity index (χ2v) is 5.78. The van der Waals surface area contributed by atoms with Crippen LogP contribution in [0.2, 0.25) is 0 Å². The maximum Gasteiger partial charge on any atom is 0.234 e. The Hall–Kier alpha value is -0.650. The number of alkyl halides is 1. The molecule has 1 saturated heterocycles. The van der Waals surface area contributed by atoms with Crippen LogP contribution in [0.1, 0.15) is 30.0 Å². The Morgan fingerprint density at radius 3 is 3.11 bits per heavy atom. The number of amides is 1. The summed E-state index contributed by atoms with van der Waals surface area (Å²) in [6.45, 7) is 1.81. The summed E-state index contributed by atoms with van der Waals surface area (Å²) in [5, 5.41) is 3.07. The molecule has 4 nitrogen and oxygen atoms in total. The monoisotopic (exact) mass is 287 g/mol. The van der Waals surface area contributed by atoms with Crippen molar-refractivity contribution >= 4 is 28.8 Å². The largest absolute Gasteiger partial charge is 0.368 e. The average molecular weight is 288 g/mol. The topological polar surface area (TPSA) is 59.2 Å². The van der Waals surface area contributed by atoms with Gasteiger partial charge in [-0.3, -0.25) is 9.69 Å². The Labute approximate surface area is 116 Å². The molecule has 0 spiro atoms. The second-order valence-electron chi connectivity index (χ2n) is 4.57. The molecule has 100 valence electrons. The average Bonchev–Trinajstić information content (AvgIpc) is 2.84. The number of carbonyl (C=O) groups is 1. The first-order valence-electron chi connectivity index (χ1n) is 6.23. The van der Waals surface area contributed by atoms with Gasteiger partial charge in [-0.2, -0.15) is 0 Å². The number of thiazole rings is 1. The van der Waals surface area contributed by atoms with E-state index in [-0.39, 0.29) is 11.9 Å². The fourth-order valence-electron chi connectivity index (χ4n) is 2.35. The van der Waals surface area contributed by atoms with Gasteiger partial charge in [0.2, 0.25) is 5.91 Å². The number of likely N-dealkylation sites (tertiary alicyclic amines) is 1. The molecule has 1 fully saturated rings. The molecule has 1 aliphatic rings. The highest BCUT2D eigenvalue weighted by Crippen LogP contribution is 2.18. The third-order valence-electron chi connectivity index (χ3n) is 3.29. The fraction of sp³-hybridized carbons (Fsp3) is 0.667. The number of hydrogen-bond acceptors (Lipinski definition) is 4. The van der Waals surface area contributed by atoms with E-state index in [1.54, 1.807) is 11.3 Å². The molecule has 0 bridgehead atoms. The molecule has 2 N–H and O–H groups in total. The molecular formula is C12H18ClN3OS. The number of primary amides is 1. The van der Waals surface area contributed by atoms with Gasteiger partial charge >= 0.3 is 0 Å². The standard InChI is InChI=1S/C12H18ClN3OS/c13-7-9-8-18-11(15-9)4-6-16-5-2-1-3-10(16)12(14)17/h8,10H,1-7H2,(H2,14,17). The molecule has 0 aliphatic carbocycles. The zero-order chi connectivity index (χ0) is 13.0. The molecule has 1 aromatic heterocycles. The van der Waals surface area contributed by atoms with Crippen LogP contribution in [0.3, 0.4) is 0 Å². The highest BCUT2D eigenvalue weighted by Gasteiger charge is 2.26. The van der Waals surface area contributed by atoms with Crippen molar-refractivity contribution in [2.75, 3.05) is 13.1 Å². The number of piperidine rings is 1. The van der Waals surface area contributed by atoms with Gasteiger partial charge in [-0.25, -0.2) is 4.98 Å². The highest BCUT2D eigenvalue weighted by molar-refractivity contribution is 7.09. The molecule has 1 aromatic rings. The van der Waals surface area contributed by atoms with Gasteiger partial charge in [0, 0.05) is 18.3 Å². The van der Waals surface area contributed by atoms with E-state index in [0.717, 1.165) is 49.5 Å². The van der Waals surface area contributed by atoms with Gasteiger partial charge in [0.1, 0.15) is 0 Å². The summed E-state index contributed by atoms with van der Waals surface area (Å²) in [5.74, 6) is 0.264. The summed E-state index contributed by atoms with van der Waals surface area (Å²) >= 11 is 7.36. The zero-order valence-corrected chi connectivity index (χ0v) is 11.8. The molecule has 0 saturated carbocycles. The lowest BCUT2D eigenvalue weighted by molar-refractivity contribution is -0.124. The first kappa shape index (κ1) is 13.8. The lowest BCUT2D eigenvalue weighted by atomic mass is 10.0. The van der Waals surface area contributed by atoms with E-state index in [9.17, 15) is 4.79 Å². The molecule has 18 heavy (non-hydrogen) atoms. The van der Waals surface area contributed by atoms with E-state index >= 15 is 0 Å². The van der Waals surface area contributed by atoms with Crippen molar-refractivity contribution in [3.8, 4) is 0 Å². The Bertz CT molecular complexity index is 410. The van der Waals surface area contributed by atoms with Crippen molar-refractivity contribution in [1.29, 1.82) is 0 Å². The van der Waals surface area contributed by atoms with Crippen molar-refractivity contribution in [3.05, 3.63) is 16.1 Å². The van der Waals surface area contributed by atoms with E-state index in [1.807, 2.05) is 5.38 Å². The van der Waals surface area contributed by atoms with Crippen molar-refractivity contribution in [2.24, 2.45) is 5.73 Å². The first-order valence-corrected chi connectivity index (χ1v) is 7.64. The summed E-state index contributed by atoms with van der Waals surface area (Å²) in [7, 11) is 0. The number of hydrogen-bond donors (Lipinski definition) is 1. The second kappa shape index (κ2) is 6.50. The van der Waals surface area contributed by atoms with Crippen LogP contribution in [-0.2, 0) is 17.1 Å². The minimum absolute atomic E-state index is 0.0915. The Morgan fingerprint density at radius 1 is 1.61 bits per heavy atom. The molecule has 6 heteroatoms. The number of carbonyl (C=O) groups excluding carboxylic acids is 1. The maximum absolute atomic E-state index is 11.4. The number of rotatable bonds is 5. The predicted octanol–water partition coefficient (Wildman–Crippen LogP) is 1.76. The third-order valence-corrected chi connectivity index (χ3v) is 4.52. The minimum Gasteiger partial charge on any atom is -0.368 e. The minimum atomic E-state index is -0.199. The molecule has 2 heterocycles. The van der Waals surface area contributed by atoms with E-state index < -0.39 is 0 Å². The van der Waals surface area contributed by atoms with Gasteiger partial charge in [-0.15, -0.1) is 22.9 Å². The van der Waals surface area contributed by atoms with Crippen molar-refractivity contribution < 1.29 is 4.79 Å². The molecule has 1 unspecified atom stereocenters. The van der Waals surface area contributed by atoms with E-state index in [0.29, 0.717) is 5.88 Å². The van der Waals surface area contributed by atoms with Crippen LogP contribution in [0.4, 0.5) is 0 Å². The smallest absolute Gasteiger partial charge is 0.234 e. The highest BCUT2D eigenvalue weighted by atomic mass is 35.5. The van der Waals surface area contributed by atoms with Crippen LogP contribution in [-0.4, -0.2) is 34.9 Å². The van der Waals surface area contributed by atoms with Gasteiger partial charge in [0.05, 0.1) is 22.6 Å². The predicted molar refractivity (Wildman–Crippen MR) is 73.8 cm³/mol. The molecular weight excluding hydrogens is 270 g/mol. The SMILES string of the molecule is NC(=O)C1CCCCN1CCc1nc(CCl)cs1. The number of aromatic nitrogens is 1. The quantitative estimate of drug-likeness (QED) is 0.840. The summed E-state index contributed by atoms with van der Waals surface area (Å²) in [6.07, 6.45) is 4.00. The van der Waals surface area contributed by atoms with E-state index in [2.05, 4.69) is 9.88 Å². The molecule has 0 radical (unpaired) electrons. The van der Waals surface area contributed by atoms with Gasteiger partial charge < -0.3 is 5.73 Å². The number of nitrogens with two attached hydrogens (primary N) is 1. The summed E-state index contributed by atoms with van der Waals surface area (Å²) in [4.78, 5) is 18.0.